The highest BCUT2D eigenvalue weighted by Crippen LogP contribution is 2.32. The molecular weight excluding hydrogens is 323 g/mol. The molecule has 1 heterocycles. The molecule has 1 aliphatic heterocycles. The van der Waals surface area contributed by atoms with Crippen LogP contribution >= 0.6 is 15.9 Å². The Balaban J connectivity index is 1.72. The van der Waals surface area contributed by atoms with Crippen molar-refractivity contribution in [2.24, 2.45) is 0 Å². The van der Waals surface area contributed by atoms with E-state index in [4.69, 9.17) is 4.74 Å². The fraction of sp³-hybridized carbons (Fsp3) is 0.385. The zero-order chi connectivity index (χ0) is 13.9. The minimum Gasteiger partial charge on any atom is -0.484 e. The molecule has 0 saturated heterocycles. The first-order valence-electron chi connectivity index (χ1n) is 5.84. The van der Waals surface area contributed by atoms with E-state index in [1.165, 1.54) is 0 Å². The molecule has 0 spiro atoms. The zero-order valence-electron chi connectivity index (χ0n) is 10.0. The molecule has 1 aliphatic rings. The first-order valence-corrected chi connectivity index (χ1v) is 6.63. The van der Waals surface area contributed by atoms with Crippen molar-refractivity contribution >= 4 is 15.9 Å². The Labute approximate surface area is 117 Å². The lowest BCUT2D eigenvalue weighted by Crippen LogP contribution is -2.27. The molecule has 0 radical (unpaired) electrons. The number of ether oxygens (including phenoxy) is 1. The quantitative estimate of drug-likeness (QED) is 0.904. The van der Waals surface area contributed by atoms with Crippen LogP contribution in [0.4, 0.5) is 13.2 Å². The van der Waals surface area contributed by atoms with E-state index in [1.54, 1.807) is 0 Å². The van der Waals surface area contributed by atoms with Gasteiger partial charge in [-0.25, -0.2) is 0 Å². The molecular formula is C13H13BrF3NO. The van der Waals surface area contributed by atoms with Crippen molar-refractivity contribution in [1.29, 1.82) is 0 Å². The van der Waals surface area contributed by atoms with Gasteiger partial charge in [-0.2, -0.15) is 13.2 Å². The largest absolute Gasteiger partial charge is 0.484 e. The molecule has 0 saturated carbocycles. The van der Waals surface area contributed by atoms with Crippen molar-refractivity contribution in [3.05, 3.63) is 46.1 Å². The lowest BCUT2D eigenvalue weighted by molar-refractivity contribution is -0.133. The minimum atomic E-state index is -4.37. The van der Waals surface area contributed by atoms with Gasteiger partial charge in [-0.15, -0.1) is 0 Å². The zero-order valence-corrected chi connectivity index (χ0v) is 11.6. The number of nitrogens with one attached hydrogen (secondary N) is 1. The molecule has 1 N–H and O–H groups in total. The van der Waals surface area contributed by atoms with E-state index in [9.17, 15) is 13.2 Å². The SMILES string of the molecule is FC(F)(F)C1=CCC(CNCc2ccc(Br)cc2)O1. The topological polar surface area (TPSA) is 21.3 Å². The summed E-state index contributed by atoms with van der Waals surface area (Å²) in [6.07, 6.45) is -3.42. The van der Waals surface area contributed by atoms with Gasteiger partial charge in [0.2, 0.25) is 0 Å². The summed E-state index contributed by atoms with van der Waals surface area (Å²) in [5.41, 5.74) is 1.07. The number of halogens is 4. The second kappa shape index (κ2) is 5.96. The maximum Gasteiger partial charge on any atom is 0.448 e. The van der Waals surface area contributed by atoms with Gasteiger partial charge in [0.15, 0.2) is 5.76 Å². The summed E-state index contributed by atoms with van der Waals surface area (Å²) in [6, 6.07) is 7.75. The Hall–Kier alpha value is -1.01. The van der Waals surface area contributed by atoms with Crippen LogP contribution in [-0.4, -0.2) is 18.8 Å². The molecule has 1 aromatic carbocycles. The number of alkyl halides is 3. The summed E-state index contributed by atoms with van der Waals surface area (Å²) in [6.45, 7) is 1.00. The highest BCUT2D eigenvalue weighted by Gasteiger charge is 2.39. The van der Waals surface area contributed by atoms with Crippen LogP contribution in [-0.2, 0) is 11.3 Å². The first kappa shape index (κ1) is 14.4. The number of hydrogen-bond acceptors (Lipinski definition) is 2. The van der Waals surface area contributed by atoms with Gasteiger partial charge in [-0.1, -0.05) is 28.1 Å². The van der Waals surface area contributed by atoms with Crippen LogP contribution in [0.2, 0.25) is 0 Å². The van der Waals surface area contributed by atoms with E-state index in [2.05, 4.69) is 21.2 Å². The van der Waals surface area contributed by atoms with Crippen LogP contribution in [0, 0.1) is 0 Å². The molecule has 0 fully saturated rings. The Bertz CT molecular complexity index is 456. The van der Waals surface area contributed by atoms with Gasteiger partial charge in [0.1, 0.15) is 6.10 Å². The average molecular weight is 336 g/mol. The third kappa shape index (κ3) is 4.24. The fourth-order valence-electron chi connectivity index (χ4n) is 1.80. The maximum absolute atomic E-state index is 12.3. The van der Waals surface area contributed by atoms with E-state index in [-0.39, 0.29) is 0 Å². The van der Waals surface area contributed by atoms with Crippen LogP contribution in [0.1, 0.15) is 12.0 Å². The summed E-state index contributed by atoms with van der Waals surface area (Å²) in [5, 5.41) is 3.09. The predicted molar refractivity (Wildman–Crippen MR) is 69.5 cm³/mol. The van der Waals surface area contributed by atoms with Crippen LogP contribution < -0.4 is 5.32 Å². The predicted octanol–water partition coefficient (Wildman–Crippen LogP) is 3.77. The van der Waals surface area contributed by atoms with Crippen LogP contribution in [0.5, 0.6) is 0 Å². The van der Waals surface area contributed by atoms with E-state index in [1.807, 2.05) is 24.3 Å². The second-order valence-corrected chi connectivity index (χ2v) is 5.21. The Kier molecular flexibility index (Phi) is 4.52. The fourth-order valence-corrected chi connectivity index (χ4v) is 2.07. The number of benzene rings is 1. The summed E-state index contributed by atoms with van der Waals surface area (Å²) < 4.78 is 42.9. The standard InChI is InChI=1S/C13H13BrF3NO/c14-10-3-1-9(2-4-10)7-18-8-11-5-6-12(19-11)13(15,16)17/h1-4,6,11,18H,5,7-8H2. The van der Waals surface area contributed by atoms with Gasteiger partial charge in [-0.3, -0.25) is 0 Å². The summed E-state index contributed by atoms with van der Waals surface area (Å²) in [4.78, 5) is 0. The molecule has 2 rings (SSSR count). The van der Waals surface area contributed by atoms with Crippen LogP contribution in [0.25, 0.3) is 0 Å². The summed E-state index contributed by atoms with van der Waals surface area (Å²) >= 11 is 3.34. The van der Waals surface area contributed by atoms with Crippen molar-refractivity contribution in [1.82, 2.24) is 5.32 Å². The van der Waals surface area contributed by atoms with Crippen molar-refractivity contribution < 1.29 is 17.9 Å². The van der Waals surface area contributed by atoms with Crippen molar-refractivity contribution in [2.75, 3.05) is 6.54 Å². The molecule has 0 bridgehead atoms. The van der Waals surface area contributed by atoms with Gasteiger partial charge in [-0.05, 0) is 23.8 Å². The molecule has 0 aromatic heterocycles. The molecule has 6 heteroatoms. The molecule has 0 amide bonds. The maximum atomic E-state index is 12.3. The second-order valence-electron chi connectivity index (χ2n) is 4.30. The van der Waals surface area contributed by atoms with E-state index in [0.717, 1.165) is 16.1 Å². The minimum absolute atomic E-state index is 0.294. The van der Waals surface area contributed by atoms with Gasteiger partial charge in [0, 0.05) is 24.0 Å². The lowest BCUT2D eigenvalue weighted by atomic mass is 10.2. The molecule has 1 atom stereocenters. The summed E-state index contributed by atoms with van der Waals surface area (Å²) in [5.74, 6) is -0.872. The van der Waals surface area contributed by atoms with Crippen LogP contribution in [0.15, 0.2) is 40.6 Å². The van der Waals surface area contributed by atoms with Crippen molar-refractivity contribution in [3.63, 3.8) is 0 Å². The molecule has 0 aliphatic carbocycles. The number of hydrogen-bond donors (Lipinski definition) is 1. The normalized spacial score (nSPS) is 19.2. The molecule has 1 aromatic rings. The van der Waals surface area contributed by atoms with Crippen molar-refractivity contribution in [2.45, 2.75) is 25.2 Å². The highest BCUT2D eigenvalue weighted by atomic mass is 79.9. The Morgan fingerprint density at radius 2 is 1.95 bits per heavy atom. The monoisotopic (exact) mass is 335 g/mol. The molecule has 2 nitrogen and oxygen atoms in total. The highest BCUT2D eigenvalue weighted by molar-refractivity contribution is 9.10. The van der Waals surface area contributed by atoms with E-state index in [0.29, 0.717) is 19.5 Å². The molecule has 104 valence electrons. The van der Waals surface area contributed by atoms with Crippen LogP contribution in [0.3, 0.4) is 0 Å². The van der Waals surface area contributed by atoms with E-state index >= 15 is 0 Å². The van der Waals surface area contributed by atoms with Gasteiger partial charge in [0.05, 0.1) is 0 Å². The first-order chi connectivity index (χ1) is 8.95. The number of allylic oxidation sites excluding steroid dienone is 1. The Morgan fingerprint density at radius 1 is 1.26 bits per heavy atom. The van der Waals surface area contributed by atoms with E-state index < -0.39 is 18.0 Å². The number of rotatable bonds is 4. The third-order valence-corrected chi connectivity index (χ3v) is 3.28. The van der Waals surface area contributed by atoms with Crippen molar-refractivity contribution in [3.8, 4) is 0 Å². The Morgan fingerprint density at radius 3 is 2.53 bits per heavy atom. The molecule has 1 unspecified atom stereocenters. The van der Waals surface area contributed by atoms with Gasteiger partial charge in [0.25, 0.3) is 0 Å². The smallest absolute Gasteiger partial charge is 0.448 e. The summed E-state index contributed by atoms with van der Waals surface area (Å²) in [7, 11) is 0. The van der Waals surface area contributed by atoms with Gasteiger partial charge < -0.3 is 10.1 Å². The average Bonchev–Trinajstić information content (AvgIpc) is 2.80. The lowest BCUT2D eigenvalue weighted by Gasteiger charge is -2.15. The third-order valence-electron chi connectivity index (χ3n) is 2.75. The van der Waals surface area contributed by atoms with Gasteiger partial charge >= 0.3 is 6.18 Å². The molecule has 19 heavy (non-hydrogen) atoms.